The molecule has 0 N–H and O–H groups in total. The monoisotopic (exact) mass is 450 g/mol. The first kappa shape index (κ1) is 30.2. The molecule has 25 heavy (non-hydrogen) atoms. The molecule has 1 aliphatic carbocycles. The molecule has 1 aliphatic rings. The minimum atomic E-state index is -0.296. The fraction of sp³-hybridized carbons (Fsp3) is 0.500. The number of rotatable bonds is 6. The molecule has 0 heterocycles. The van der Waals surface area contributed by atoms with Gasteiger partial charge in [-0.1, -0.05) is 86.5 Å². The van der Waals surface area contributed by atoms with Crippen molar-refractivity contribution in [2.75, 3.05) is 0 Å². The molecular weight excluding hydrogens is 423 g/mol. The van der Waals surface area contributed by atoms with Crippen molar-refractivity contribution < 1.29 is 58.9 Å². The summed E-state index contributed by atoms with van der Waals surface area (Å²) in [7, 11) is -0.296. The Bertz CT molecular complexity index is 562. The summed E-state index contributed by atoms with van der Waals surface area (Å²) in [4.78, 5) is 0. The second kappa shape index (κ2) is 14.5. The Morgan fingerprint density at radius 3 is 2.00 bits per heavy atom. The van der Waals surface area contributed by atoms with Gasteiger partial charge in [0.15, 0.2) is 0 Å². The van der Waals surface area contributed by atoms with Crippen molar-refractivity contribution in [3.63, 3.8) is 0 Å². The predicted octanol–water partition coefficient (Wildman–Crippen LogP) is -4.44. The van der Waals surface area contributed by atoms with Crippen LogP contribution >= 0.6 is 0 Å². The molecule has 1 aromatic rings. The summed E-state index contributed by atoms with van der Waals surface area (Å²) >= 11 is 0. The topological polar surface area (TPSA) is 0 Å². The van der Waals surface area contributed by atoms with Crippen molar-refractivity contribution >= 4 is 14.7 Å². The SMILES string of the molecule is CCCCCC1=C(C)[C-]=C(C)C1[SiH2]c1cc(C)cc(C)c1.[Cl-].[Cl-].[Cl-].[Ti+4]. The summed E-state index contributed by atoms with van der Waals surface area (Å²) in [5, 5.41) is 1.61. The fourth-order valence-electron chi connectivity index (χ4n) is 3.61. The first-order valence-corrected chi connectivity index (χ1v) is 9.91. The molecule has 0 nitrogen and oxygen atoms in total. The molecule has 2 rings (SSSR count). The number of benzene rings is 1. The van der Waals surface area contributed by atoms with E-state index >= 15 is 0 Å². The smallest absolute Gasteiger partial charge is 1.00 e. The molecule has 1 aromatic carbocycles. The predicted molar refractivity (Wildman–Crippen MR) is 97.1 cm³/mol. The first-order chi connectivity index (χ1) is 10.0. The van der Waals surface area contributed by atoms with E-state index in [0.717, 1.165) is 5.54 Å². The normalized spacial score (nSPS) is 15.9. The third kappa shape index (κ3) is 8.82. The van der Waals surface area contributed by atoms with E-state index in [4.69, 9.17) is 0 Å². The number of aryl methyl sites for hydroxylation is 2. The fourth-order valence-corrected chi connectivity index (χ4v) is 6.13. The number of halogens is 3. The molecule has 0 aromatic heterocycles. The molecular formula is C20H29Cl3SiTi. The minimum absolute atomic E-state index is 0. The largest absolute Gasteiger partial charge is 4.00 e. The van der Waals surface area contributed by atoms with E-state index in [-0.39, 0.29) is 68.5 Å². The van der Waals surface area contributed by atoms with Gasteiger partial charge in [-0.2, -0.15) is 5.57 Å². The van der Waals surface area contributed by atoms with Crippen LogP contribution in [-0.2, 0) is 21.7 Å². The molecule has 1 atom stereocenters. The quantitative estimate of drug-likeness (QED) is 0.233. The van der Waals surface area contributed by atoms with Gasteiger partial charge in [0.25, 0.3) is 0 Å². The number of unbranched alkanes of at least 4 members (excludes halogenated alkanes) is 2. The molecule has 0 radical (unpaired) electrons. The Hall–Kier alpha value is 0.501. The van der Waals surface area contributed by atoms with E-state index in [0.29, 0.717) is 0 Å². The molecule has 0 fully saturated rings. The van der Waals surface area contributed by atoms with Crippen LogP contribution in [-0.4, -0.2) is 9.52 Å². The van der Waals surface area contributed by atoms with Crippen molar-refractivity contribution in [3.8, 4) is 0 Å². The van der Waals surface area contributed by atoms with Gasteiger partial charge in [0.1, 0.15) is 0 Å². The van der Waals surface area contributed by atoms with Crippen LogP contribution in [0.4, 0.5) is 0 Å². The van der Waals surface area contributed by atoms with Gasteiger partial charge < -0.3 is 37.2 Å². The summed E-state index contributed by atoms with van der Waals surface area (Å²) in [5.74, 6) is 0. The molecule has 1 unspecified atom stereocenters. The van der Waals surface area contributed by atoms with Crippen molar-refractivity contribution in [1.82, 2.24) is 0 Å². The van der Waals surface area contributed by atoms with Crippen LogP contribution in [0.5, 0.6) is 0 Å². The zero-order valence-electron chi connectivity index (χ0n) is 16.0. The van der Waals surface area contributed by atoms with Crippen molar-refractivity contribution in [3.05, 3.63) is 52.1 Å². The van der Waals surface area contributed by atoms with Crippen LogP contribution in [0.25, 0.3) is 0 Å². The number of allylic oxidation sites excluding steroid dienone is 4. The van der Waals surface area contributed by atoms with Crippen LogP contribution < -0.4 is 42.4 Å². The van der Waals surface area contributed by atoms with Gasteiger partial charge in [0.05, 0.1) is 0 Å². The van der Waals surface area contributed by atoms with Crippen LogP contribution in [0.15, 0.2) is 34.9 Å². The van der Waals surface area contributed by atoms with Crippen molar-refractivity contribution in [2.24, 2.45) is 0 Å². The first-order valence-electron chi connectivity index (χ1n) is 8.38. The second-order valence-electron chi connectivity index (χ2n) is 6.67. The molecule has 0 saturated carbocycles. The van der Waals surface area contributed by atoms with E-state index in [1.165, 1.54) is 48.0 Å². The third-order valence-corrected chi connectivity index (χ3v) is 6.97. The van der Waals surface area contributed by atoms with Gasteiger partial charge in [0.2, 0.25) is 0 Å². The molecule has 0 aliphatic heterocycles. The van der Waals surface area contributed by atoms with Gasteiger partial charge in [0, 0.05) is 9.52 Å². The average Bonchev–Trinajstić information content (AvgIpc) is 2.64. The maximum Gasteiger partial charge on any atom is 4.00 e. The van der Waals surface area contributed by atoms with Gasteiger partial charge in [-0.05, 0) is 13.8 Å². The maximum absolute atomic E-state index is 3.62. The van der Waals surface area contributed by atoms with Crippen LogP contribution in [0, 0.1) is 19.9 Å². The standard InChI is InChI=1S/C20H29Si.3ClH.Ti/c1-6-7-8-9-19-16(4)13-17(5)20(19)21-18-11-14(2)10-15(3)12-18;;;;/h10-12,20H,6-9,21H2,1-5H3;3*1H;/q-1;;;;+4/p-3. The summed E-state index contributed by atoms with van der Waals surface area (Å²) in [6.07, 6.45) is 8.91. The zero-order chi connectivity index (χ0) is 15.4. The Morgan fingerprint density at radius 1 is 0.920 bits per heavy atom. The van der Waals surface area contributed by atoms with Gasteiger partial charge in [-0.25, -0.2) is 17.2 Å². The number of hydrogen-bond acceptors (Lipinski definition) is 0. The Balaban J connectivity index is -0.00000121. The average molecular weight is 452 g/mol. The summed E-state index contributed by atoms with van der Waals surface area (Å²) < 4.78 is 0. The summed E-state index contributed by atoms with van der Waals surface area (Å²) in [5.41, 5.74) is 8.17. The number of hydrogen-bond donors (Lipinski definition) is 0. The van der Waals surface area contributed by atoms with Gasteiger partial charge in [-0.15, -0.1) is 0 Å². The molecule has 0 amide bonds. The van der Waals surface area contributed by atoms with Crippen LogP contribution in [0.3, 0.4) is 0 Å². The van der Waals surface area contributed by atoms with Gasteiger partial charge >= 0.3 is 21.7 Å². The van der Waals surface area contributed by atoms with E-state index in [2.05, 4.69) is 58.9 Å². The third-order valence-electron chi connectivity index (χ3n) is 4.58. The van der Waals surface area contributed by atoms with Crippen LogP contribution in [0.2, 0.25) is 5.54 Å². The minimum Gasteiger partial charge on any atom is -1.00 e. The molecule has 5 heteroatoms. The van der Waals surface area contributed by atoms with E-state index in [1.54, 1.807) is 10.8 Å². The molecule has 0 saturated heterocycles. The second-order valence-corrected chi connectivity index (χ2v) is 8.71. The molecule has 138 valence electrons. The Labute approximate surface area is 190 Å². The maximum atomic E-state index is 3.62. The Morgan fingerprint density at radius 2 is 1.48 bits per heavy atom. The van der Waals surface area contributed by atoms with E-state index < -0.39 is 0 Å². The van der Waals surface area contributed by atoms with E-state index in [9.17, 15) is 0 Å². The molecule has 0 spiro atoms. The molecule has 0 bridgehead atoms. The summed E-state index contributed by atoms with van der Waals surface area (Å²) in [6, 6.07) is 7.10. The van der Waals surface area contributed by atoms with Gasteiger partial charge in [-0.3, -0.25) is 0 Å². The van der Waals surface area contributed by atoms with Crippen molar-refractivity contribution in [1.29, 1.82) is 0 Å². The summed E-state index contributed by atoms with van der Waals surface area (Å²) in [6.45, 7) is 11.3. The van der Waals surface area contributed by atoms with Crippen LogP contribution in [0.1, 0.15) is 57.6 Å². The van der Waals surface area contributed by atoms with Crippen molar-refractivity contribution in [2.45, 2.75) is 65.8 Å². The van der Waals surface area contributed by atoms with E-state index in [1.807, 2.05) is 0 Å². The zero-order valence-corrected chi connectivity index (χ0v) is 21.2. The Kier molecular flexibility index (Phi) is 17.6.